The number of carbonyl (C=O) groups excluding carboxylic acids is 2. The van der Waals surface area contributed by atoms with Crippen LogP contribution >= 0.6 is 0 Å². The van der Waals surface area contributed by atoms with Crippen LogP contribution in [0, 0.1) is 13.8 Å². The summed E-state index contributed by atoms with van der Waals surface area (Å²) in [6.07, 6.45) is 0. The average Bonchev–Trinajstić information content (AvgIpc) is 3.00. The highest BCUT2D eigenvalue weighted by Crippen LogP contribution is 2.29. The lowest BCUT2D eigenvalue weighted by Crippen LogP contribution is -2.21. The second kappa shape index (κ2) is 8.23. The molecule has 27 heavy (non-hydrogen) atoms. The summed E-state index contributed by atoms with van der Waals surface area (Å²) in [5.41, 5.74) is 0.797. The van der Waals surface area contributed by atoms with Crippen molar-refractivity contribution < 1.29 is 23.5 Å². The Balaban J connectivity index is 1.61. The zero-order valence-corrected chi connectivity index (χ0v) is 15.0. The minimum absolute atomic E-state index is 0.313. The van der Waals surface area contributed by atoms with Gasteiger partial charge in [-0.1, -0.05) is 30.3 Å². The molecule has 0 radical (unpaired) electrons. The molecule has 0 bridgehead atoms. The quantitative estimate of drug-likeness (QED) is 0.652. The number of hydrogen-bond acceptors (Lipinski definition) is 5. The molecule has 6 heteroatoms. The maximum atomic E-state index is 12.2. The maximum Gasteiger partial charge on any atom is 0.342 e. The molecule has 1 aromatic heterocycles. The largest absolute Gasteiger partial charge is 0.466 e. The van der Waals surface area contributed by atoms with Gasteiger partial charge in [-0.3, -0.25) is 4.79 Å². The molecule has 0 spiro atoms. The van der Waals surface area contributed by atoms with Gasteiger partial charge in [0.2, 0.25) is 0 Å². The van der Waals surface area contributed by atoms with Gasteiger partial charge in [-0.15, -0.1) is 0 Å². The number of para-hydroxylation sites is 3. The van der Waals surface area contributed by atoms with Crippen LogP contribution in [0.25, 0.3) is 0 Å². The van der Waals surface area contributed by atoms with Crippen molar-refractivity contribution in [1.29, 1.82) is 0 Å². The maximum absolute atomic E-state index is 12.2. The lowest BCUT2D eigenvalue weighted by Gasteiger charge is -2.12. The first-order chi connectivity index (χ1) is 13.0. The Hall–Kier alpha value is -3.54. The van der Waals surface area contributed by atoms with Gasteiger partial charge in [-0.25, -0.2) is 4.79 Å². The number of aryl methyl sites for hydroxylation is 2. The van der Waals surface area contributed by atoms with E-state index in [2.05, 4.69) is 5.32 Å². The van der Waals surface area contributed by atoms with Gasteiger partial charge in [0.25, 0.3) is 5.91 Å². The number of hydrogen-bond donors (Lipinski definition) is 1. The van der Waals surface area contributed by atoms with E-state index in [0.717, 1.165) is 0 Å². The first-order valence-corrected chi connectivity index (χ1v) is 8.39. The number of nitrogens with one attached hydrogen (secondary N) is 1. The van der Waals surface area contributed by atoms with Gasteiger partial charge in [0.15, 0.2) is 12.4 Å². The number of furan rings is 1. The Morgan fingerprint density at radius 3 is 2.41 bits per heavy atom. The van der Waals surface area contributed by atoms with Gasteiger partial charge in [0.1, 0.15) is 22.8 Å². The third-order valence-corrected chi connectivity index (χ3v) is 3.73. The van der Waals surface area contributed by atoms with Crippen LogP contribution < -0.4 is 10.1 Å². The second-order valence-corrected chi connectivity index (χ2v) is 5.86. The summed E-state index contributed by atoms with van der Waals surface area (Å²) in [6.45, 7) is 2.99. The lowest BCUT2D eigenvalue weighted by molar-refractivity contribution is -0.119. The number of anilines is 1. The number of benzene rings is 2. The molecule has 6 nitrogen and oxygen atoms in total. The monoisotopic (exact) mass is 365 g/mol. The van der Waals surface area contributed by atoms with E-state index < -0.39 is 18.5 Å². The molecule has 1 N–H and O–H groups in total. The highest BCUT2D eigenvalue weighted by molar-refractivity contribution is 5.96. The molecule has 1 amide bonds. The van der Waals surface area contributed by atoms with Gasteiger partial charge in [-0.05, 0) is 44.2 Å². The zero-order valence-electron chi connectivity index (χ0n) is 15.0. The summed E-state index contributed by atoms with van der Waals surface area (Å²) in [5.74, 6) is 1.13. The van der Waals surface area contributed by atoms with E-state index in [1.807, 2.05) is 30.3 Å². The molecule has 0 saturated carbocycles. The standard InChI is InChI=1S/C21H19NO5/c1-14-12-17(15(2)26-14)21(24)25-13-20(23)22-18-10-6-7-11-19(18)27-16-8-4-3-5-9-16/h3-12H,13H2,1-2H3,(H,22,23). The number of esters is 1. The highest BCUT2D eigenvalue weighted by Gasteiger charge is 2.17. The van der Waals surface area contributed by atoms with Crippen molar-refractivity contribution in [3.8, 4) is 11.5 Å². The molecule has 138 valence electrons. The normalized spacial score (nSPS) is 10.3. The van der Waals surface area contributed by atoms with Crippen LogP contribution in [0.4, 0.5) is 5.69 Å². The fourth-order valence-electron chi connectivity index (χ4n) is 2.50. The second-order valence-electron chi connectivity index (χ2n) is 5.86. The lowest BCUT2D eigenvalue weighted by atomic mass is 10.2. The minimum Gasteiger partial charge on any atom is -0.466 e. The number of carbonyl (C=O) groups is 2. The smallest absolute Gasteiger partial charge is 0.342 e. The van der Waals surface area contributed by atoms with Crippen molar-refractivity contribution in [1.82, 2.24) is 0 Å². The fraction of sp³-hybridized carbons (Fsp3) is 0.143. The predicted molar refractivity (Wildman–Crippen MR) is 100 cm³/mol. The number of amides is 1. The molecule has 3 rings (SSSR count). The number of ether oxygens (including phenoxy) is 2. The van der Waals surface area contributed by atoms with Gasteiger partial charge in [-0.2, -0.15) is 0 Å². The molecular formula is C21H19NO5. The molecular weight excluding hydrogens is 346 g/mol. The van der Waals surface area contributed by atoms with E-state index in [-0.39, 0.29) is 0 Å². The third kappa shape index (κ3) is 4.76. The van der Waals surface area contributed by atoms with Crippen LogP contribution in [0.1, 0.15) is 21.9 Å². The average molecular weight is 365 g/mol. The molecule has 0 unspecified atom stereocenters. The summed E-state index contributed by atoms with van der Waals surface area (Å²) < 4.78 is 16.1. The van der Waals surface area contributed by atoms with Gasteiger partial charge in [0, 0.05) is 0 Å². The van der Waals surface area contributed by atoms with Gasteiger partial charge >= 0.3 is 5.97 Å². The summed E-state index contributed by atoms with van der Waals surface area (Å²) in [5, 5.41) is 2.69. The van der Waals surface area contributed by atoms with Crippen LogP contribution in [0.15, 0.2) is 65.1 Å². The van der Waals surface area contributed by atoms with Crippen molar-refractivity contribution in [3.63, 3.8) is 0 Å². The van der Waals surface area contributed by atoms with E-state index in [1.54, 1.807) is 44.2 Å². The van der Waals surface area contributed by atoms with Gasteiger partial charge < -0.3 is 19.2 Å². The Kier molecular flexibility index (Phi) is 5.56. The Bertz CT molecular complexity index is 946. The molecule has 0 atom stereocenters. The molecule has 0 fully saturated rings. The van der Waals surface area contributed by atoms with Crippen LogP contribution in [0.5, 0.6) is 11.5 Å². The third-order valence-electron chi connectivity index (χ3n) is 3.73. The van der Waals surface area contributed by atoms with Crippen LogP contribution in [-0.4, -0.2) is 18.5 Å². The molecule has 0 aliphatic rings. The van der Waals surface area contributed by atoms with E-state index in [9.17, 15) is 9.59 Å². The topological polar surface area (TPSA) is 77.8 Å². The van der Waals surface area contributed by atoms with Crippen LogP contribution in [-0.2, 0) is 9.53 Å². The summed E-state index contributed by atoms with van der Waals surface area (Å²) in [7, 11) is 0. The van der Waals surface area contributed by atoms with Crippen LogP contribution in [0.2, 0.25) is 0 Å². The minimum atomic E-state index is -0.603. The molecule has 2 aromatic carbocycles. The SMILES string of the molecule is Cc1cc(C(=O)OCC(=O)Nc2ccccc2Oc2ccccc2)c(C)o1. The molecule has 0 aliphatic heterocycles. The first-order valence-electron chi connectivity index (χ1n) is 8.39. The Morgan fingerprint density at radius 1 is 1.00 bits per heavy atom. The van der Waals surface area contributed by atoms with Crippen molar-refractivity contribution in [2.45, 2.75) is 13.8 Å². The van der Waals surface area contributed by atoms with Crippen molar-refractivity contribution in [3.05, 3.63) is 77.7 Å². The zero-order chi connectivity index (χ0) is 19.2. The van der Waals surface area contributed by atoms with Crippen molar-refractivity contribution in [2.75, 3.05) is 11.9 Å². The molecule has 0 saturated heterocycles. The highest BCUT2D eigenvalue weighted by atomic mass is 16.5. The van der Waals surface area contributed by atoms with Crippen molar-refractivity contribution in [2.24, 2.45) is 0 Å². The molecule has 0 aliphatic carbocycles. The summed E-state index contributed by atoms with van der Waals surface area (Å²) in [4.78, 5) is 24.2. The molecule has 3 aromatic rings. The van der Waals surface area contributed by atoms with E-state index in [0.29, 0.717) is 34.3 Å². The Labute approximate surface area is 156 Å². The summed E-state index contributed by atoms with van der Waals surface area (Å²) >= 11 is 0. The van der Waals surface area contributed by atoms with Crippen LogP contribution in [0.3, 0.4) is 0 Å². The fourth-order valence-corrected chi connectivity index (χ4v) is 2.50. The van der Waals surface area contributed by atoms with Crippen molar-refractivity contribution >= 4 is 17.6 Å². The predicted octanol–water partition coefficient (Wildman–Crippen LogP) is 4.48. The molecule has 1 heterocycles. The number of rotatable bonds is 6. The van der Waals surface area contributed by atoms with E-state index in [1.165, 1.54) is 0 Å². The first kappa shape index (κ1) is 18.3. The van der Waals surface area contributed by atoms with Gasteiger partial charge in [0.05, 0.1) is 5.69 Å². The van der Waals surface area contributed by atoms with E-state index >= 15 is 0 Å². The Morgan fingerprint density at radius 2 is 1.70 bits per heavy atom. The van der Waals surface area contributed by atoms with E-state index in [4.69, 9.17) is 13.9 Å². The summed E-state index contributed by atoms with van der Waals surface area (Å²) in [6, 6.07) is 17.8.